The molecule has 2 aliphatic heterocycles. The molecule has 3 amide bonds. The van der Waals surface area contributed by atoms with Crippen LogP contribution in [-0.4, -0.2) is 24.6 Å². The van der Waals surface area contributed by atoms with Crippen molar-refractivity contribution < 1.29 is 9.59 Å². The highest BCUT2D eigenvalue weighted by Gasteiger charge is 2.48. The van der Waals surface area contributed by atoms with Crippen molar-refractivity contribution in [2.24, 2.45) is 5.92 Å². The Morgan fingerprint density at radius 2 is 1.67 bits per heavy atom. The zero-order valence-electron chi connectivity index (χ0n) is 12.6. The number of benzene rings is 2. The Bertz CT molecular complexity index is 781. The third-order valence-electron chi connectivity index (χ3n) is 4.27. The minimum atomic E-state index is -0.437. The lowest BCUT2D eigenvalue weighted by atomic mass is 10.0. The predicted octanol–water partition coefficient (Wildman–Crippen LogP) is 2.36. The van der Waals surface area contributed by atoms with Gasteiger partial charge in [0.1, 0.15) is 6.17 Å². The summed E-state index contributed by atoms with van der Waals surface area (Å²) in [4.78, 5) is 26.5. The lowest BCUT2D eigenvalue weighted by molar-refractivity contribution is -0.122. The third kappa shape index (κ3) is 2.40. The molecule has 2 saturated heterocycles. The standard InChI is InChI=1S/C17H15ClN4O2/c18-11-6-8-12(9-7-11)21-16(23)14-10-19-22(15(14)20-17(21)24)13-4-2-1-3-5-13/h1-9,14-15,19H,10H2,(H,20,24). The minimum absolute atomic E-state index is 0.225. The molecule has 6 nitrogen and oxygen atoms in total. The number of para-hydroxylation sites is 1. The van der Waals surface area contributed by atoms with E-state index in [9.17, 15) is 9.59 Å². The van der Waals surface area contributed by atoms with Crippen molar-refractivity contribution in [2.45, 2.75) is 6.17 Å². The van der Waals surface area contributed by atoms with Crippen LogP contribution in [-0.2, 0) is 4.79 Å². The molecule has 4 rings (SSSR count). The highest BCUT2D eigenvalue weighted by Crippen LogP contribution is 2.29. The molecule has 2 aromatic rings. The van der Waals surface area contributed by atoms with Crippen LogP contribution in [0.15, 0.2) is 54.6 Å². The average Bonchev–Trinajstić information content (AvgIpc) is 3.01. The molecular weight excluding hydrogens is 328 g/mol. The van der Waals surface area contributed by atoms with Crippen molar-refractivity contribution in [3.8, 4) is 0 Å². The Hall–Kier alpha value is -2.57. The molecule has 0 saturated carbocycles. The molecule has 7 heteroatoms. The van der Waals surface area contributed by atoms with Crippen molar-refractivity contribution in [1.82, 2.24) is 10.7 Å². The van der Waals surface area contributed by atoms with E-state index in [-0.39, 0.29) is 11.8 Å². The number of carbonyl (C=O) groups is 2. The Balaban J connectivity index is 1.62. The molecule has 24 heavy (non-hydrogen) atoms. The van der Waals surface area contributed by atoms with Gasteiger partial charge in [0.05, 0.1) is 17.3 Å². The SMILES string of the molecule is O=C1NC2C(CNN2c2ccccc2)C(=O)N1c1ccc(Cl)cc1. The monoisotopic (exact) mass is 342 g/mol. The Kier molecular flexibility index (Phi) is 3.63. The van der Waals surface area contributed by atoms with Gasteiger partial charge >= 0.3 is 6.03 Å². The topological polar surface area (TPSA) is 64.7 Å². The number of rotatable bonds is 2. The Morgan fingerprint density at radius 3 is 2.38 bits per heavy atom. The van der Waals surface area contributed by atoms with Crippen molar-refractivity contribution >= 4 is 34.9 Å². The first kappa shape index (κ1) is 15.0. The van der Waals surface area contributed by atoms with Gasteiger partial charge in [-0.05, 0) is 36.4 Å². The molecule has 0 spiro atoms. The molecule has 0 radical (unpaired) electrons. The van der Waals surface area contributed by atoms with E-state index < -0.39 is 12.2 Å². The van der Waals surface area contributed by atoms with Gasteiger partial charge in [-0.25, -0.2) is 15.1 Å². The Morgan fingerprint density at radius 1 is 0.958 bits per heavy atom. The van der Waals surface area contributed by atoms with Crippen LogP contribution in [0.2, 0.25) is 5.02 Å². The zero-order chi connectivity index (χ0) is 16.7. The van der Waals surface area contributed by atoms with Gasteiger partial charge in [-0.2, -0.15) is 0 Å². The summed E-state index contributed by atoms with van der Waals surface area (Å²) in [5.74, 6) is -0.587. The maximum absolute atomic E-state index is 12.8. The van der Waals surface area contributed by atoms with E-state index in [1.165, 1.54) is 4.90 Å². The molecule has 122 valence electrons. The number of nitrogens with zero attached hydrogens (tertiary/aromatic N) is 2. The van der Waals surface area contributed by atoms with Gasteiger partial charge < -0.3 is 5.32 Å². The lowest BCUT2D eigenvalue weighted by Crippen LogP contribution is -2.63. The number of nitrogens with one attached hydrogen (secondary N) is 2. The van der Waals surface area contributed by atoms with Gasteiger partial charge in [0.15, 0.2) is 0 Å². The van der Waals surface area contributed by atoms with Crippen molar-refractivity contribution in [3.63, 3.8) is 0 Å². The second-order valence-corrected chi connectivity index (χ2v) is 6.16. The number of anilines is 2. The van der Waals surface area contributed by atoms with Gasteiger partial charge in [-0.1, -0.05) is 29.8 Å². The van der Waals surface area contributed by atoms with Gasteiger partial charge in [-0.3, -0.25) is 9.80 Å². The Labute approximate surface area is 144 Å². The molecule has 2 unspecified atom stereocenters. The van der Waals surface area contributed by atoms with Crippen LogP contribution in [0.3, 0.4) is 0 Å². The molecule has 2 N–H and O–H groups in total. The normalized spacial score (nSPS) is 23.2. The van der Waals surface area contributed by atoms with E-state index in [0.717, 1.165) is 5.69 Å². The number of halogens is 1. The zero-order valence-corrected chi connectivity index (χ0v) is 13.4. The summed E-state index contributed by atoms with van der Waals surface area (Å²) in [6, 6.07) is 15.8. The third-order valence-corrected chi connectivity index (χ3v) is 4.52. The molecule has 0 aromatic heterocycles. The van der Waals surface area contributed by atoms with Crippen LogP contribution in [0.25, 0.3) is 0 Å². The molecule has 2 atom stereocenters. The lowest BCUT2D eigenvalue weighted by Gasteiger charge is -2.36. The average molecular weight is 343 g/mol. The summed E-state index contributed by atoms with van der Waals surface area (Å²) in [7, 11) is 0. The fourth-order valence-electron chi connectivity index (χ4n) is 3.11. The van der Waals surface area contributed by atoms with Gasteiger partial charge in [-0.15, -0.1) is 0 Å². The predicted molar refractivity (Wildman–Crippen MR) is 91.7 cm³/mol. The number of fused-ring (bicyclic) bond motifs is 1. The van der Waals surface area contributed by atoms with Crippen molar-refractivity contribution in [3.05, 3.63) is 59.6 Å². The molecular formula is C17H15ClN4O2. The van der Waals surface area contributed by atoms with E-state index in [1.807, 2.05) is 35.3 Å². The van der Waals surface area contributed by atoms with E-state index in [0.29, 0.717) is 17.3 Å². The number of hydrogen-bond donors (Lipinski definition) is 2. The maximum atomic E-state index is 12.8. The number of amides is 3. The van der Waals surface area contributed by atoms with E-state index in [2.05, 4.69) is 10.7 Å². The van der Waals surface area contributed by atoms with Crippen LogP contribution in [0.1, 0.15) is 0 Å². The number of imide groups is 1. The van der Waals surface area contributed by atoms with Gasteiger partial charge in [0, 0.05) is 11.6 Å². The van der Waals surface area contributed by atoms with Gasteiger partial charge in [0.2, 0.25) is 5.91 Å². The molecule has 0 bridgehead atoms. The first-order chi connectivity index (χ1) is 11.6. The maximum Gasteiger partial charge on any atom is 0.330 e. The van der Waals surface area contributed by atoms with Crippen LogP contribution in [0.5, 0.6) is 0 Å². The summed E-state index contributed by atoms with van der Waals surface area (Å²) >= 11 is 5.88. The molecule has 0 aliphatic carbocycles. The van der Waals surface area contributed by atoms with E-state index in [1.54, 1.807) is 24.3 Å². The molecule has 2 heterocycles. The van der Waals surface area contributed by atoms with E-state index in [4.69, 9.17) is 11.6 Å². The van der Waals surface area contributed by atoms with Crippen molar-refractivity contribution in [2.75, 3.05) is 16.5 Å². The fraction of sp³-hybridized carbons (Fsp3) is 0.176. The van der Waals surface area contributed by atoms with Crippen LogP contribution in [0, 0.1) is 5.92 Å². The summed E-state index contributed by atoms with van der Waals surface area (Å²) in [6.07, 6.45) is -0.407. The second kappa shape index (κ2) is 5.81. The summed E-state index contributed by atoms with van der Waals surface area (Å²) in [5, 5.41) is 5.30. The largest absolute Gasteiger partial charge is 0.330 e. The first-order valence-electron chi connectivity index (χ1n) is 7.63. The molecule has 2 fully saturated rings. The van der Waals surface area contributed by atoms with Gasteiger partial charge in [0.25, 0.3) is 0 Å². The smallest absolute Gasteiger partial charge is 0.315 e. The number of urea groups is 1. The second-order valence-electron chi connectivity index (χ2n) is 5.72. The quantitative estimate of drug-likeness (QED) is 0.879. The number of carbonyl (C=O) groups excluding carboxylic acids is 2. The molecule has 2 aliphatic rings. The summed E-state index contributed by atoms with van der Waals surface area (Å²) < 4.78 is 0. The number of hydrazine groups is 1. The van der Waals surface area contributed by atoms with Crippen LogP contribution >= 0.6 is 11.6 Å². The first-order valence-corrected chi connectivity index (χ1v) is 8.01. The number of hydrogen-bond acceptors (Lipinski definition) is 4. The highest BCUT2D eigenvalue weighted by molar-refractivity contribution is 6.30. The van der Waals surface area contributed by atoms with E-state index >= 15 is 0 Å². The molecule has 2 aromatic carbocycles. The van der Waals surface area contributed by atoms with Crippen molar-refractivity contribution in [1.29, 1.82) is 0 Å². The van der Waals surface area contributed by atoms with Crippen LogP contribution in [0.4, 0.5) is 16.2 Å². The van der Waals surface area contributed by atoms with Crippen LogP contribution < -0.4 is 20.7 Å². The summed E-state index contributed by atoms with van der Waals surface area (Å²) in [6.45, 7) is 0.461. The fourth-order valence-corrected chi connectivity index (χ4v) is 3.23. The summed E-state index contributed by atoms with van der Waals surface area (Å²) in [5.41, 5.74) is 4.61. The highest BCUT2D eigenvalue weighted by atomic mass is 35.5. The minimum Gasteiger partial charge on any atom is -0.315 e.